The Balaban J connectivity index is 0.000000286. The lowest BCUT2D eigenvalue weighted by molar-refractivity contribution is -0.131. The van der Waals surface area contributed by atoms with Crippen molar-refractivity contribution < 1.29 is 57.2 Å². The molecule has 8 rings (SSSR count). The Labute approximate surface area is 569 Å². The van der Waals surface area contributed by atoms with E-state index in [4.69, 9.17) is 40.3 Å². The smallest absolute Gasteiger partial charge is 0.407 e. The number of nitrogen functional groups attached to an aromatic ring is 1. The van der Waals surface area contributed by atoms with Crippen LogP contribution in [0.15, 0.2) is 121 Å². The van der Waals surface area contributed by atoms with Crippen molar-refractivity contribution in [1.29, 1.82) is 0 Å². The standard InChI is InChI=1S/C43H60N4O9.C33H35N5O3/c1-32(2)39(42(51)46-33(3)10-8-21-45-43(44)52)30-38(49)20-23-54-25-27-56-29-28-55-26-24-53-22-9-14-37(48)18-19-41(50)47-31-36-13-5-4-11-34(36)16-17-35-12-6-7-15-40(35)47;1-3-4-17-38-29(30-27-7-5-6-8-28(27)36-32(34)31(30)37-38)19-24-9-13-25(14-10-24)20-35-33(40)41-21-26-15-11-23(12-16-26)18-22(2)39/h4-7,11-13,15,32-33,39H,8-10,14,18-31H2,1-3H3,(H,46,51)(H3,44,45,52);5-16H,3-4,17-21H2,1-2H3,(H2,34,36)(H,35,40)/t33-,39+;/m1./s1. The van der Waals surface area contributed by atoms with E-state index in [2.05, 4.69) is 62.6 Å². The molecule has 7 aromatic rings. The molecule has 21 heteroatoms. The third kappa shape index (κ3) is 25.3. The number of hydrogen-bond donors (Lipinski definition) is 5. The summed E-state index contributed by atoms with van der Waals surface area (Å²) in [5.41, 5.74) is 21.5. The number of Topliss-reactive ketones (excluding diaryl/α,β-unsaturated/α-hetero) is 3. The molecule has 0 radical (unpaired) electrons. The predicted octanol–water partition coefficient (Wildman–Crippen LogP) is 10.8. The zero-order chi connectivity index (χ0) is 69.3. The number of ether oxygens (including phenoxy) is 5. The number of nitrogens with zero attached hydrogens (tertiary/aromatic N) is 4. The molecular formula is C76H95N9O12. The molecule has 2 aromatic heterocycles. The maximum atomic E-state index is 13.3. The summed E-state index contributed by atoms with van der Waals surface area (Å²) < 4.78 is 29.6. The van der Waals surface area contributed by atoms with Gasteiger partial charge >= 0.3 is 12.1 Å². The van der Waals surface area contributed by atoms with E-state index in [1.165, 1.54) is 0 Å². The molecule has 5 aromatic carbocycles. The largest absolute Gasteiger partial charge is 0.445 e. The SMILES string of the molecule is CC(C)[C@H](CC(=O)CCOCCOCCOCCOCCCC(=O)CCC(=O)N1Cc2ccccc2C#Cc2ccccc21)C(=O)N[C@H](C)CCCNC(N)=O.CCCCn1nc2c(N)nc3ccccc3c2c1Cc1ccc(CNC(=O)OCc2ccc(CC(C)=O)cc2)cc1. The van der Waals surface area contributed by atoms with E-state index in [1.807, 2.05) is 124 Å². The number of amides is 5. The van der Waals surface area contributed by atoms with E-state index >= 15 is 0 Å². The Morgan fingerprint density at radius 1 is 0.649 bits per heavy atom. The molecule has 0 fully saturated rings. The highest BCUT2D eigenvalue weighted by Crippen LogP contribution is 2.33. The summed E-state index contributed by atoms with van der Waals surface area (Å²) in [7, 11) is 0. The molecule has 1 aliphatic rings. The van der Waals surface area contributed by atoms with Crippen LogP contribution in [0.2, 0.25) is 0 Å². The number of unbranched alkanes of at least 4 members (excludes halogenated alkanes) is 1. The number of ketones is 3. The fraction of sp³-hybridized carbons (Fsp3) is 0.434. The van der Waals surface area contributed by atoms with Crippen LogP contribution in [0.4, 0.5) is 21.1 Å². The quantitative estimate of drug-likeness (QED) is 0.0177. The Morgan fingerprint density at radius 2 is 1.28 bits per heavy atom. The summed E-state index contributed by atoms with van der Waals surface area (Å²) in [6, 6.07) is 38.5. The Morgan fingerprint density at radius 3 is 1.98 bits per heavy atom. The Kier molecular flexibility index (Phi) is 31.2. The van der Waals surface area contributed by atoms with E-state index in [0.29, 0.717) is 110 Å². The molecule has 0 bridgehead atoms. The second kappa shape index (κ2) is 40.3. The van der Waals surface area contributed by atoms with Crippen LogP contribution >= 0.6 is 0 Å². The minimum atomic E-state index is -0.570. The monoisotopic (exact) mass is 1330 g/mol. The number of carbonyl (C=O) groups is 7. The van der Waals surface area contributed by atoms with Crippen LogP contribution in [0.5, 0.6) is 0 Å². The number of urea groups is 1. The number of aryl methyl sites for hydroxylation is 1. The highest BCUT2D eigenvalue weighted by Gasteiger charge is 2.27. The lowest BCUT2D eigenvalue weighted by Gasteiger charge is -2.26. The summed E-state index contributed by atoms with van der Waals surface area (Å²) in [4.78, 5) is 91.8. The number of benzene rings is 5. The van der Waals surface area contributed by atoms with E-state index in [9.17, 15) is 33.6 Å². The molecule has 7 N–H and O–H groups in total. The minimum Gasteiger partial charge on any atom is -0.445 e. The number of hydrogen-bond acceptors (Lipinski definition) is 15. The van der Waals surface area contributed by atoms with Gasteiger partial charge in [0.2, 0.25) is 11.8 Å². The number of carbonyl (C=O) groups excluding carboxylic acids is 7. The number of anilines is 2. The summed E-state index contributed by atoms with van der Waals surface area (Å²) in [6.45, 7) is 14.7. The van der Waals surface area contributed by atoms with Crippen molar-refractivity contribution in [2.45, 2.75) is 144 Å². The van der Waals surface area contributed by atoms with Crippen molar-refractivity contribution in [1.82, 2.24) is 30.7 Å². The van der Waals surface area contributed by atoms with Gasteiger partial charge in [-0.1, -0.05) is 136 Å². The van der Waals surface area contributed by atoms with Crippen molar-refractivity contribution in [2.24, 2.45) is 17.6 Å². The van der Waals surface area contributed by atoms with Crippen molar-refractivity contribution in [3.05, 3.63) is 166 Å². The molecule has 0 spiro atoms. The van der Waals surface area contributed by atoms with Gasteiger partial charge in [-0.3, -0.25) is 28.7 Å². The Hall–Kier alpha value is -9.33. The minimum absolute atomic E-state index is 0.00686. The first-order valence-electron chi connectivity index (χ1n) is 33.7. The average Bonchev–Trinajstić information content (AvgIpc) is 1.63. The van der Waals surface area contributed by atoms with Gasteiger partial charge in [0.25, 0.3) is 0 Å². The molecule has 0 unspecified atom stereocenters. The number of alkyl carbamates (subject to hydrolysis) is 1. The lowest BCUT2D eigenvalue weighted by Crippen LogP contribution is -2.40. The molecule has 5 amide bonds. The van der Waals surface area contributed by atoms with E-state index < -0.39 is 18.0 Å². The van der Waals surface area contributed by atoms with Crippen LogP contribution < -0.4 is 32.3 Å². The Bertz CT molecular complexity index is 3780. The van der Waals surface area contributed by atoms with Gasteiger partial charge in [-0.25, -0.2) is 14.6 Å². The first kappa shape index (κ1) is 75.1. The van der Waals surface area contributed by atoms with Crippen LogP contribution in [0.1, 0.15) is 143 Å². The normalized spacial score (nSPS) is 12.2. The molecule has 1 aliphatic heterocycles. The van der Waals surface area contributed by atoms with Gasteiger partial charge < -0.3 is 56.0 Å². The van der Waals surface area contributed by atoms with Crippen LogP contribution in [0.3, 0.4) is 0 Å². The van der Waals surface area contributed by atoms with Crippen LogP contribution in [-0.4, -0.2) is 121 Å². The van der Waals surface area contributed by atoms with Gasteiger partial charge in [0.15, 0.2) is 5.82 Å². The summed E-state index contributed by atoms with van der Waals surface area (Å²) >= 11 is 0. The second-order valence-corrected chi connectivity index (χ2v) is 24.6. The molecule has 21 nitrogen and oxygen atoms in total. The fourth-order valence-corrected chi connectivity index (χ4v) is 11.0. The zero-order valence-corrected chi connectivity index (χ0v) is 56.8. The van der Waals surface area contributed by atoms with Crippen molar-refractivity contribution in [2.75, 3.05) is 70.0 Å². The third-order valence-corrected chi connectivity index (χ3v) is 16.4. The van der Waals surface area contributed by atoms with E-state index in [-0.39, 0.29) is 80.0 Å². The van der Waals surface area contributed by atoms with Crippen molar-refractivity contribution >= 4 is 74.6 Å². The number of para-hydroxylation sites is 2. The van der Waals surface area contributed by atoms with Crippen molar-refractivity contribution in [3.8, 4) is 11.8 Å². The van der Waals surface area contributed by atoms with Crippen LogP contribution in [0.25, 0.3) is 21.8 Å². The van der Waals surface area contributed by atoms with E-state index in [1.54, 1.807) is 11.8 Å². The van der Waals surface area contributed by atoms with Gasteiger partial charge in [-0.2, -0.15) is 5.10 Å². The number of nitrogens with two attached hydrogens (primary N) is 2. The number of nitrogens with one attached hydrogen (secondary N) is 3. The van der Waals surface area contributed by atoms with Gasteiger partial charge in [0.05, 0.1) is 69.7 Å². The number of aromatic nitrogens is 3. The molecule has 2 atom stereocenters. The molecule has 0 saturated heterocycles. The zero-order valence-electron chi connectivity index (χ0n) is 56.8. The molecule has 0 aliphatic carbocycles. The molecule has 97 heavy (non-hydrogen) atoms. The summed E-state index contributed by atoms with van der Waals surface area (Å²) in [5.74, 6) is 6.32. The highest BCUT2D eigenvalue weighted by molar-refractivity contribution is 6.09. The number of primary amides is 1. The number of fused-ring (bicyclic) bond motifs is 5. The van der Waals surface area contributed by atoms with Gasteiger partial charge in [0.1, 0.15) is 29.5 Å². The van der Waals surface area contributed by atoms with Crippen LogP contribution in [0, 0.1) is 23.7 Å². The van der Waals surface area contributed by atoms with Crippen LogP contribution in [-0.2, 0) is 86.7 Å². The van der Waals surface area contributed by atoms with Gasteiger partial charge in [-0.15, -0.1) is 0 Å². The first-order chi connectivity index (χ1) is 47.0. The predicted molar refractivity (Wildman–Crippen MR) is 375 cm³/mol. The highest BCUT2D eigenvalue weighted by atomic mass is 16.6. The molecular weight excluding hydrogens is 1230 g/mol. The van der Waals surface area contributed by atoms with Crippen molar-refractivity contribution in [3.63, 3.8) is 0 Å². The lowest BCUT2D eigenvalue weighted by atomic mass is 9.89. The molecule has 0 saturated carbocycles. The third-order valence-electron chi connectivity index (χ3n) is 16.4. The maximum Gasteiger partial charge on any atom is 0.407 e. The van der Waals surface area contributed by atoms with Gasteiger partial charge in [0, 0.05) is 105 Å². The summed E-state index contributed by atoms with van der Waals surface area (Å²) in [6.07, 6.45) is 5.70. The average molecular weight is 1330 g/mol. The molecule has 516 valence electrons. The van der Waals surface area contributed by atoms with Gasteiger partial charge in [-0.05, 0) is 97.5 Å². The van der Waals surface area contributed by atoms with E-state index in [0.717, 1.165) is 91.5 Å². The topological polar surface area (TPSA) is 288 Å². The fourth-order valence-electron chi connectivity index (χ4n) is 11.0. The first-order valence-corrected chi connectivity index (χ1v) is 33.7. The number of pyridine rings is 1. The maximum absolute atomic E-state index is 13.3. The molecule has 3 heterocycles. The second-order valence-electron chi connectivity index (χ2n) is 24.6. The number of rotatable bonds is 39. The summed E-state index contributed by atoms with van der Waals surface area (Å²) in [5, 5.41) is 15.3.